The molecule has 1 aliphatic heterocycles. The van der Waals surface area contributed by atoms with Gasteiger partial charge in [0.05, 0.1) is 35.1 Å². The molecular weight excluding hydrogens is 915 g/mol. The number of rotatable bonds is 21. The van der Waals surface area contributed by atoms with Crippen LogP contribution in [0.5, 0.6) is 5.75 Å². The Hall–Kier alpha value is -5.04. The van der Waals surface area contributed by atoms with Gasteiger partial charge in [-0.05, 0) is 126 Å². The van der Waals surface area contributed by atoms with Crippen molar-refractivity contribution in [1.29, 1.82) is 0 Å². The number of ether oxygens (including phenoxy) is 1. The van der Waals surface area contributed by atoms with E-state index in [1.165, 1.54) is 13.3 Å². The minimum Gasteiger partial charge on any atom is -0.495 e. The number of nitrogens with zero attached hydrogens (tertiary/aromatic N) is 4. The second-order valence-corrected chi connectivity index (χ2v) is 21.1. The van der Waals surface area contributed by atoms with E-state index >= 15 is 4.39 Å². The van der Waals surface area contributed by atoms with Crippen LogP contribution < -0.4 is 36.6 Å². The molecule has 15 nitrogen and oxygen atoms in total. The van der Waals surface area contributed by atoms with E-state index in [1.54, 1.807) is 53.2 Å². The molecule has 3 aliphatic rings. The summed E-state index contributed by atoms with van der Waals surface area (Å²) in [6.07, 6.45) is 7.10. The Balaban J connectivity index is 0.846. The molecule has 1 unspecified atom stereocenters. The first-order chi connectivity index (χ1) is 32.2. The van der Waals surface area contributed by atoms with Crippen LogP contribution in [0.25, 0.3) is 10.4 Å². The fourth-order valence-electron chi connectivity index (χ4n) is 8.61. The lowest BCUT2D eigenvalue weighted by Gasteiger charge is -2.38. The van der Waals surface area contributed by atoms with Crippen LogP contribution >= 0.6 is 34.7 Å². The van der Waals surface area contributed by atoms with Crippen molar-refractivity contribution in [1.82, 2.24) is 41.1 Å². The molecule has 2 aromatic carbocycles. The average Bonchev–Trinajstić information content (AvgIpc) is 3.66. The van der Waals surface area contributed by atoms with E-state index in [0.29, 0.717) is 84.6 Å². The predicted molar refractivity (Wildman–Crippen MR) is 264 cm³/mol. The molecule has 0 bridgehead atoms. The lowest BCUT2D eigenvalue weighted by molar-refractivity contribution is -0.143. The molecule has 4 amide bonds. The quantitative estimate of drug-likeness (QED) is 0.0458. The summed E-state index contributed by atoms with van der Waals surface area (Å²) in [6, 6.07) is 11.4. The number of carbonyl (C=O) groups excluding carboxylic acids is 4. The van der Waals surface area contributed by atoms with E-state index in [1.807, 2.05) is 50.5 Å². The monoisotopic (exact) mass is 976 g/mol. The van der Waals surface area contributed by atoms with Gasteiger partial charge in [-0.15, -0.1) is 11.3 Å². The highest BCUT2D eigenvalue weighted by Crippen LogP contribution is 2.42. The Morgan fingerprint density at radius 3 is 2.45 bits per heavy atom. The zero-order chi connectivity index (χ0) is 47.7. The van der Waals surface area contributed by atoms with Crippen molar-refractivity contribution in [2.75, 3.05) is 56.7 Å². The molecule has 4 aromatic rings. The highest BCUT2D eigenvalue weighted by Gasteiger charge is 2.53. The minimum atomic E-state index is -1.95. The molecule has 67 heavy (non-hydrogen) atoms. The third kappa shape index (κ3) is 12.7. The number of hydrogen-bond acceptors (Lipinski definition) is 13. The maximum Gasteiger partial charge on any atom is 0.258 e. The number of methoxy groups -OCH3 is 1. The maximum absolute atomic E-state index is 15.1. The van der Waals surface area contributed by atoms with Crippen molar-refractivity contribution < 1.29 is 28.3 Å². The predicted octanol–water partition coefficient (Wildman–Crippen LogP) is 7.29. The van der Waals surface area contributed by atoms with Gasteiger partial charge in [0.25, 0.3) is 11.8 Å². The molecule has 3 heterocycles. The van der Waals surface area contributed by atoms with Gasteiger partial charge in [-0.25, -0.2) is 14.4 Å². The number of hydrogen-bond donors (Lipinski definition) is 6. The number of thioether (sulfide) groups is 1. The van der Waals surface area contributed by atoms with E-state index in [-0.39, 0.29) is 30.6 Å². The van der Waals surface area contributed by atoms with Crippen LogP contribution in [-0.4, -0.2) is 112 Å². The van der Waals surface area contributed by atoms with Gasteiger partial charge in [0, 0.05) is 43.5 Å². The topological polar surface area (TPSA) is 192 Å². The number of benzene rings is 2. The second-order valence-electron chi connectivity index (χ2n) is 18.2. The molecule has 2 atom stereocenters. The molecule has 2 aromatic heterocycles. The number of amides is 4. The van der Waals surface area contributed by atoms with E-state index in [4.69, 9.17) is 16.3 Å². The lowest BCUT2D eigenvalue weighted by Crippen LogP contribution is -2.61. The average molecular weight is 978 g/mol. The summed E-state index contributed by atoms with van der Waals surface area (Å²) in [6.45, 7) is 8.49. The lowest BCUT2D eigenvalue weighted by atomic mass is 9.83. The number of nitrogens with one attached hydrogen (secondary N) is 6. The van der Waals surface area contributed by atoms with Gasteiger partial charge in [-0.3, -0.25) is 19.2 Å². The Bertz CT molecular complexity index is 2380. The van der Waals surface area contributed by atoms with Gasteiger partial charge in [0.1, 0.15) is 28.7 Å². The summed E-state index contributed by atoms with van der Waals surface area (Å²) in [5, 5.41) is 18.8. The van der Waals surface area contributed by atoms with Crippen molar-refractivity contribution in [2.24, 2.45) is 11.8 Å². The summed E-state index contributed by atoms with van der Waals surface area (Å²) in [5.41, 5.74) is 3.93. The zero-order valence-corrected chi connectivity index (χ0v) is 41.2. The van der Waals surface area contributed by atoms with Crippen LogP contribution in [0.2, 0.25) is 5.02 Å². The van der Waals surface area contributed by atoms with Crippen LogP contribution in [0.4, 0.5) is 21.8 Å². The number of aromatic nitrogens is 3. The minimum absolute atomic E-state index is 0.143. The van der Waals surface area contributed by atoms with Gasteiger partial charge in [-0.2, -0.15) is 16.7 Å². The summed E-state index contributed by atoms with van der Waals surface area (Å²) >= 11 is 9.33. The van der Waals surface area contributed by atoms with Crippen LogP contribution in [0, 0.1) is 18.8 Å². The third-order valence-corrected chi connectivity index (χ3v) is 15.8. The number of likely N-dealkylation sites (tertiary alicyclic amines) is 1. The number of carbonyl (C=O) groups is 4. The number of thiazole rings is 1. The van der Waals surface area contributed by atoms with Crippen LogP contribution in [0.1, 0.15) is 86.8 Å². The molecule has 7 rings (SSSR count). The first-order valence-corrected chi connectivity index (χ1v) is 25.3. The molecule has 1 saturated heterocycles. The van der Waals surface area contributed by atoms with Gasteiger partial charge in [0.2, 0.25) is 17.8 Å². The Labute approximate surface area is 405 Å². The standard InChI is InChI=1S/C48H62ClFN10O5S2/c1-29-39(66-28-56-29)33-14-12-31(13-15-33)25-54-43(62)37-7-6-22-60(37)44(63)40(58-45(64)48(50)18-19-48)47(2,3)67-27-32-10-8-30(9-11-32)24-52-20-21-53-42(61)34-16-17-36(38(23-34)65-5)57-46-55-26-35(49)41(51-4)59-46/h12-17,23,26,28,30,32,37,40,52H,6-11,18-22,24-25,27H2,1-5H3,(H,53,61)(H,54,62)(H,58,64)(H2,51,55,57,59)/t30?,32?,37?,40-/m1/s1. The summed E-state index contributed by atoms with van der Waals surface area (Å²) in [7, 11) is 3.25. The smallest absolute Gasteiger partial charge is 0.258 e. The number of halogens is 2. The summed E-state index contributed by atoms with van der Waals surface area (Å²) < 4.78 is 19.9. The van der Waals surface area contributed by atoms with Gasteiger partial charge >= 0.3 is 0 Å². The fourth-order valence-corrected chi connectivity index (χ4v) is 10.9. The molecule has 360 valence electrons. The van der Waals surface area contributed by atoms with Crippen molar-refractivity contribution in [3.63, 3.8) is 0 Å². The molecule has 19 heteroatoms. The van der Waals surface area contributed by atoms with E-state index in [2.05, 4.69) is 46.9 Å². The van der Waals surface area contributed by atoms with Gasteiger partial charge in [-0.1, -0.05) is 35.9 Å². The van der Waals surface area contributed by atoms with Gasteiger partial charge in [0.15, 0.2) is 5.67 Å². The molecule has 2 aliphatic carbocycles. The first-order valence-electron chi connectivity index (χ1n) is 23.0. The number of alkyl halides is 1. The molecule has 3 fully saturated rings. The Kier molecular flexibility index (Phi) is 16.7. The zero-order valence-electron chi connectivity index (χ0n) is 38.8. The van der Waals surface area contributed by atoms with E-state index < -0.39 is 28.4 Å². The van der Waals surface area contributed by atoms with Crippen molar-refractivity contribution >= 4 is 75.8 Å². The molecule has 0 spiro atoms. The van der Waals surface area contributed by atoms with Crippen molar-refractivity contribution in [3.05, 3.63) is 76.0 Å². The SMILES string of the molecule is CNc1nc(Nc2ccc(C(=O)NCCNCC3CCC(CSC(C)(C)[C@H](NC(=O)C4(F)CC4)C(=O)N4CCCC4C(=O)NCc4ccc(-c5scnc5C)cc4)CC3)cc2OC)ncc1Cl. The Morgan fingerprint density at radius 1 is 1.01 bits per heavy atom. The van der Waals surface area contributed by atoms with E-state index in [0.717, 1.165) is 59.7 Å². The Morgan fingerprint density at radius 2 is 1.76 bits per heavy atom. The highest BCUT2D eigenvalue weighted by atomic mass is 35.5. The molecule has 6 N–H and O–H groups in total. The second kappa shape index (κ2) is 22.4. The van der Waals surface area contributed by atoms with Crippen LogP contribution in [0.3, 0.4) is 0 Å². The normalized spacial score (nSPS) is 19.3. The molecular formula is C48H62ClFN10O5S2. The highest BCUT2D eigenvalue weighted by molar-refractivity contribution is 8.00. The van der Waals surface area contributed by atoms with Crippen molar-refractivity contribution in [3.8, 4) is 16.2 Å². The molecule has 0 radical (unpaired) electrons. The molecule has 2 saturated carbocycles. The third-order valence-electron chi connectivity index (χ3n) is 12.9. The van der Waals surface area contributed by atoms with Crippen LogP contribution in [-0.2, 0) is 20.9 Å². The van der Waals surface area contributed by atoms with Crippen LogP contribution in [0.15, 0.2) is 54.2 Å². The first kappa shape index (κ1) is 49.9. The number of anilines is 3. The van der Waals surface area contributed by atoms with Crippen molar-refractivity contribution in [2.45, 2.75) is 101 Å². The summed E-state index contributed by atoms with van der Waals surface area (Å²) in [5.74, 6) is 1.44. The van der Waals surface area contributed by atoms with E-state index in [9.17, 15) is 19.2 Å². The maximum atomic E-state index is 15.1. The number of aryl methyl sites for hydroxylation is 1. The summed E-state index contributed by atoms with van der Waals surface area (Å²) in [4.78, 5) is 69.8. The van der Waals surface area contributed by atoms with Gasteiger partial charge < -0.3 is 41.5 Å². The fraction of sp³-hybridized carbons (Fsp3) is 0.521. The largest absolute Gasteiger partial charge is 0.495 e.